The Kier molecular flexibility index (Phi) is 3.15. The Balaban J connectivity index is 1.47. The van der Waals surface area contributed by atoms with E-state index in [1.54, 1.807) is 0 Å². The van der Waals surface area contributed by atoms with E-state index in [1.807, 2.05) is 0 Å². The van der Waals surface area contributed by atoms with Crippen LogP contribution in [0.15, 0.2) is 42.5 Å². The molecule has 3 heterocycles. The van der Waals surface area contributed by atoms with Crippen molar-refractivity contribution in [3.8, 4) is 0 Å². The average Bonchev–Trinajstić information content (AvgIpc) is 2.81. The third kappa shape index (κ3) is 2.22. The van der Waals surface area contributed by atoms with Crippen LogP contribution in [0, 0.1) is 25.7 Å². The number of hydrogen-bond donors (Lipinski definition) is 0. The summed E-state index contributed by atoms with van der Waals surface area (Å²) < 4.78 is 2.60. The SMILES string of the molecule is Cc1ccc(C)n1C1C2CC1CN(Cc1ccccc1)C2. The van der Waals surface area contributed by atoms with Gasteiger partial charge in [-0.3, -0.25) is 4.90 Å². The minimum atomic E-state index is 0.757. The molecule has 2 atom stereocenters. The first-order valence-electron chi connectivity index (χ1n) is 8.13. The largest absolute Gasteiger partial charge is 0.346 e. The maximum atomic E-state index is 2.65. The maximum absolute atomic E-state index is 2.65. The number of fused-ring (bicyclic) bond motifs is 2. The van der Waals surface area contributed by atoms with E-state index < -0.39 is 0 Å². The van der Waals surface area contributed by atoms with Crippen molar-refractivity contribution in [3.63, 3.8) is 0 Å². The highest BCUT2D eigenvalue weighted by Crippen LogP contribution is 2.50. The Hall–Kier alpha value is -1.54. The smallest absolute Gasteiger partial charge is 0.0416 e. The van der Waals surface area contributed by atoms with E-state index in [0.717, 1.165) is 24.4 Å². The molecule has 2 saturated heterocycles. The summed E-state index contributed by atoms with van der Waals surface area (Å²) in [6.07, 6.45) is 1.42. The van der Waals surface area contributed by atoms with Gasteiger partial charge in [0.05, 0.1) is 0 Å². The van der Waals surface area contributed by atoms with Gasteiger partial charge in [-0.15, -0.1) is 0 Å². The standard InChI is InChI=1S/C19H24N2/c1-14-8-9-15(2)21(14)19-17-10-18(19)13-20(12-17)11-16-6-4-3-5-7-16/h3-9,17-19H,10-13H2,1-2H3. The number of aromatic nitrogens is 1. The zero-order chi connectivity index (χ0) is 14.4. The third-order valence-corrected chi connectivity index (χ3v) is 5.43. The van der Waals surface area contributed by atoms with Crippen molar-refractivity contribution >= 4 is 0 Å². The fourth-order valence-electron chi connectivity index (χ4n) is 4.50. The Morgan fingerprint density at radius 2 is 1.52 bits per heavy atom. The lowest BCUT2D eigenvalue weighted by molar-refractivity contribution is -0.0388. The van der Waals surface area contributed by atoms with Gasteiger partial charge in [0.2, 0.25) is 0 Å². The molecule has 21 heavy (non-hydrogen) atoms. The second-order valence-electron chi connectivity index (χ2n) is 6.91. The molecule has 2 unspecified atom stereocenters. The van der Waals surface area contributed by atoms with Gasteiger partial charge in [-0.2, -0.15) is 0 Å². The van der Waals surface area contributed by atoms with Gasteiger partial charge in [-0.1, -0.05) is 30.3 Å². The number of aryl methyl sites for hydroxylation is 2. The van der Waals surface area contributed by atoms with Crippen LogP contribution in [0.5, 0.6) is 0 Å². The molecule has 5 rings (SSSR count). The van der Waals surface area contributed by atoms with Gasteiger partial charge in [0, 0.05) is 37.1 Å². The van der Waals surface area contributed by atoms with Crippen LogP contribution >= 0.6 is 0 Å². The zero-order valence-electron chi connectivity index (χ0n) is 13.0. The van der Waals surface area contributed by atoms with Crippen LogP contribution < -0.4 is 0 Å². The van der Waals surface area contributed by atoms with Crippen LogP contribution in [0.2, 0.25) is 0 Å². The highest BCUT2D eigenvalue weighted by molar-refractivity contribution is 5.19. The summed E-state index contributed by atoms with van der Waals surface area (Å²) in [4.78, 5) is 2.65. The molecule has 2 aliphatic heterocycles. The van der Waals surface area contributed by atoms with Crippen LogP contribution in [0.1, 0.15) is 29.4 Å². The Labute approximate surface area is 127 Å². The summed E-state index contributed by atoms with van der Waals surface area (Å²) in [6, 6.07) is 16.2. The average molecular weight is 280 g/mol. The molecule has 1 aromatic heterocycles. The molecule has 0 radical (unpaired) electrons. The Morgan fingerprint density at radius 1 is 0.905 bits per heavy atom. The van der Waals surface area contributed by atoms with Crippen molar-refractivity contribution in [2.24, 2.45) is 11.8 Å². The minimum absolute atomic E-state index is 0.757. The van der Waals surface area contributed by atoms with Gasteiger partial charge in [0.1, 0.15) is 0 Å². The second kappa shape index (κ2) is 5.03. The van der Waals surface area contributed by atoms with Crippen LogP contribution in [-0.4, -0.2) is 22.6 Å². The molecule has 1 aromatic carbocycles. The molecule has 2 aromatic rings. The fraction of sp³-hybridized carbons (Fsp3) is 0.474. The molecular formula is C19H24N2. The Bertz CT molecular complexity index is 597. The van der Waals surface area contributed by atoms with Gasteiger partial charge >= 0.3 is 0 Å². The second-order valence-corrected chi connectivity index (χ2v) is 6.91. The molecular weight excluding hydrogens is 256 g/mol. The first-order chi connectivity index (χ1) is 10.2. The van der Waals surface area contributed by atoms with E-state index in [1.165, 1.54) is 36.5 Å². The van der Waals surface area contributed by atoms with Gasteiger partial charge in [-0.25, -0.2) is 0 Å². The zero-order valence-corrected chi connectivity index (χ0v) is 13.0. The van der Waals surface area contributed by atoms with Crippen molar-refractivity contribution in [2.45, 2.75) is 32.9 Å². The van der Waals surface area contributed by atoms with E-state index >= 15 is 0 Å². The lowest BCUT2D eigenvalue weighted by atomic mass is 9.66. The van der Waals surface area contributed by atoms with Crippen LogP contribution in [0.25, 0.3) is 0 Å². The van der Waals surface area contributed by atoms with Crippen molar-refractivity contribution in [1.29, 1.82) is 0 Å². The highest BCUT2D eigenvalue weighted by Gasteiger charge is 2.47. The van der Waals surface area contributed by atoms with Crippen molar-refractivity contribution in [3.05, 3.63) is 59.4 Å². The topological polar surface area (TPSA) is 8.17 Å². The molecule has 3 aliphatic rings. The van der Waals surface area contributed by atoms with Crippen LogP contribution in [0.3, 0.4) is 0 Å². The van der Waals surface area contributed by atoms with Crippen molar-refractivity contribution < 1.29 is 0 Å². The predicted molar refractivity (Wildman–Crippen MR) is 86.3 cm³/mol. The number of benzene rings is 1. The summed E-state index contributed by atoms with van der Waals surface area (Å²) in [5.41, 5.74) is 4.32. The minimum Gasteiger partial charge on any atom is -0.346 e. The number of nitrogens with zero attached hydrogens (tertiary/aromatic N) is 2. The summed E-state index contributed by atoms with van der Waals surface area (Å²) in [7, 11) is 0. The molecule has 2 nitrogen and oxygen atoms in total. The summed E-state index contributed by atoms with van der Waals surface area (Å²) in [5.74, 6) is 1.69. The summed E-state index contributed by atoms with van der Waals surface area (Å²) in [6.45, 7) is 8.13. The molecule has 3 fully saturated rings. The predicted octanol–water partition coefficient (Wildman–Crippen LogP) is 3.80. The number of piperidine rings is 2. The number of hydrogen-bond acceptors (Lipinski definition) is 1. The molecule has 2 heteroatoms. The molecule has 0 amide bonds. The summed E-state index contributed by atoms with van der Waals surface area (Å²) >= 11 is 0. The Morgan fingerprint density at radius 3 is 2.14 bits per heavy atom. The normalized spacial score (nSPS) is 28.4. The van der Waals surface area contributed by atoms with Crippen LogP contribution in [-0.2, 0) is 6.54 Å². The molecule has 1 saturated carbocycles. The lowest BCUT2D eigenvalue weighted by Gasteiger charge is -2.55. The van der Waals surface area contributed by atoms with Crippen molar-refractivity contribution in [1.82, 2.24) is 9.47 Å². The van der Waals surface area contributed by atoms with E-state index in [4.69, 9.17) is 0 Å². The van der Waals surface area contributed by atoms with E-state index in [2.05, 4.69) is 65.8 Å². The molecule has 110 valence electrons. The van der Waals surface area contributed by atoms with E-state index in [9.17, 15) is 0 Å². The molecule has 2 bridgehead atoms. The van der Waals surface area contributed by atoms with E-state index in [0.29, 0.717) is 0 Å². The van der Waals surface area contributed by atoms with Crippen molar-refractivity contribution in [2.75, 3.05) is 13.1 Å². The first-order valence-corrected chi connectivity index (χ1v) is 8.13. The van der Waals surface area contributed by atoms with Gasteiger partial charge in [0.25, 0.3) is 0 Å². The molecule has 1 aliphatic carbocycles. The number of rotatable bonds is 3. The first kappa shape index (κ1) is 13.1. The van der Waals surface area contributed by atoms with E-state index in [-0.39, 0.29) is 0 Å². The van der Waals surface area contributed by atoms with Gasteiger partial charge in [0.15, 0.2) is 0 Å². The lowest BCUT2D eigenvalue weighted by Crippen LogP contribution is -2.55. The third-order valence-electron chi connectivity index (χ3n) is 5.43. The molecule has 0 N–H and O–H groups in total. The van der Waals surface area contributed by atoms with Crippen LogP contribution in [0.4, 0.5) is 0 Å². The van der Waals surface area contributed by atoms with Gasteiger partial charge < -0.3 is 4.57 Å². The quantitative estimate of drug-likeness (QED) is 0.830. The maximum Gasteiger partial charge on any atom is 0.0416 e. The molecule has 0 spiro atoms. The summed E-state index contributed by atoms with van der Waals surface area (Å²) in [5, 5.41) is 0. The highest BCUT2D eigenvalue weighted by atomic mass is 15.2. The van der Waals surface area contributed by atoms with Gasteiger partial charge in [-0.05, 0) is 49.8 Å². The fourth-order valence-corrected chi connectivity index (χ4v) is 4.50. The monoisotopic (exact) mass is 280 g/mol.